The molecule has 4 nitrogen and oxygen atoms in total. The molecule has 0 aliphatic carbocycles. The zero-order valence-corrected chi connectivity index (χ0v) is 15.7. The van der Waals surface area contributed by atoms with Crippen LogP contribution in [0.15, 0.2) is 46.9 Å². The highest BCUT2D eigenvalue weighted by atomic mass is 79.9. The number of halogens is 1. The van der Waals surface area contributed by atoms with Crippen LogP contribution in [0, 0.1) is 0 Å². The molecule has 0 aromatic heterocycles. The Balaban J connectivity index is 1.69. The summed E-state index contributed by atoms with van der Waals surface area (Å²) in [4.78, 5) is 26.0. The molecule has 0 radical (unpaired) electrons. The molecule has 0 N–H and O–H groups in total. The molecular weight excluding hydrogens is 382 g/mol. The average Bonchev–Trinajstić information content (AvgIpc) is 2.85. The highest BCUT2D eigenvalue weighted by Crippen LogP contribution is 2.32. The van der Waals surface area contributed by atoms with Gasteiger partial charge in [0.2, 0.25) is 0 Å². The number of ketones is 1. The number of benzene rings is 2. The van der Waals surface area contributed by atoms with Crippen LogP contribution in [0.5, 0.6) is 5.75 Å². The molecule has 25 heavy (non-hydrogen) atoms. The lowest BCUT2D eigenvalue weighted by Crippen LogP contribution is -2.29. The number of amides is 1. The van der Waals surface area contributed by atoms with E-state index in [-0.39, 0.29) is 0 Å². The van der Waals surface area contributed by atoms with Crippen LogP contribution in [0.1, 0.15) is 42.1 Å². The van der Waals surface area contributed by atoms with E-state index < -0.39 is 11.7 Å². The topological polar surface area (TPSA) is 46.6 Å². The van der Waals surface area contributed by atoms with Crippen molar-refractivity contribution >= 4 is 33.3 Å². The van der Waals surface area contributed by atoms with E-state index in [9.17, 15) is 9.59 Å². The van der Waals surface area contributed by atoms with Crippen molar-refractivity contribution in [3.63, 3.8) is 0 Å². The molecule has 1 heterocycles. The summed E-state index contributed by atoms with van der Waals surface area (Å²) in [5.41, 5.74) is 2.08. The van der Waals surface area contributed by atoms with E-state index in [1.54, 1.807) is 12.1 Å². The number of carbonyl (C=O) groups excluding carboxylic acids is 2. The third kappa shape index (κ3) is 3.93. The summed E-state index contributed by atoms with van der Waals surface area (Å²) in [6, 6.07) is 13.0. The molecule has 0 saturated carbocycles. The summed E-state index contributed by atoms with van der Waals surface area (Å²) in [6.45, 7) is 3.25. The molecule has 0 bridgehead atoms. The maximum Gasteiger partial charge on any atom is 0.299 e. The first-order valence-electron chi connectivity index (χ1n) is 8.47. The zero-order chi connectivity index (χ0) is 17.8. The van der Waals surface area contributed by atoms with Gasteiger partial charge in [0.05, 0.1) is 24.4 Å². The number of ether oxygens (including phenoxy) is 1. The summed E-state index contributed by atoms with van der Waals surface area (Å²) >= 11 is 3.34. The number of rotatable bonds is 7. The van der Waals surface area contributed by atoms with Gasteiger partial charge in [-0.25, -0.2) is 0 Å². The largest absolute Gasteiger partial charge is 0.494 e. The molecule has 1 aliphatic rings. The Morgan fingerprint density at radius 1 is 1.04 bits per heavy atom. The minimum absolute atomic E-state index is 0.370. The quantitative estimate of drug-likeness (QED) is 0.496. The molecule has 0 atom stereocenters. The Labute approximate surface area is 155 Å². The Bertz CT molecular complexity index is 786. The molecule has 0 spiro atoms. The summed E-state index contributed by atoms with van der Waals surface area (Å²) in [5, 5.41) is 0. The van der Waals surface area contributed by atoms with Gasteiger partial charge < -0.3 is 9.64 Å². The van der Waals surface area contributed by atoms with Crippen molar-refractivity contribution in [2.75, 3.05) is 11.5 Å². The second-order valence-electron chi connectivity index (χ2n) is 6.08. The van der Waals surface area contributed by atoms with Gasteiger partial charge in [-0.15, -0.1) is 0 Å². The summed E-state index contributed by atoms with van der Waals surface area (Å²) in [7, 11) is 0. The number of hydrogen-bond donors (Lipinski definition) is 0. The van der Waals surface area contributed by atoms with Crippen molar-refractivity contribution in [2.24, 2.45) is 0 Å². The van der Waals surface area contributed by atoms with Crippen molar-refractivity contribution in [1.29, 1.82) is 0 Å². The smallest absolute Gasteiger partial charge is 0.299 e. The van der Waals surface area contributed by atoms with Crippen molar-refractivity contribution in [1.82, 2.24) is 0 Å². The fourth-order valence-corrected chi connectivity index (χ4v) is 3.21. The molecule has 0 fully saturated rings. The van der Waals surface area contributed by atoms with Crippen LogP contribution in [-0.4, -0.2) is 18.3 Å². The summed E-state index contributed by atoms with van der Waals surface area (Å²) < 4.78 is 6.49. The molecule has 0 unspecified atom stereocenters. The molecule has 130 valence electrons. The Hall–Kier alpha value is -2.14. The molecular formula is C20H20BrNO3. The number of anilines is 1. The van der Waals surface area contributed by atoms with E-state index >= 15 is 0 Å². The van der Waals surface area contributed by atoms with Crippen molar-refractivity contribution < 1.29 is 14.3 Å². The maximum atomic E-state index is 12.3. The lowest BCUT2D eigenvalue weighted by molar-refractivity contribution is -0.114. The number of unbranched alkanes of at least 4 members (excludes halogenated alkanes) is 2. The van der Waals surface area contributed by atoms with Crippen LogP contribution in [-0.2, 0) is 11.3 Å². The van der Waals surface area contributed by atoms with Crippen LogP contribution in [0.4, 0.5) is 5.69 Å². The number of carbonyl (C=O) groups is 2. The predicted octanol–water partition coefficient (Wildman–Crippen LogP) is 4.75. The first-order valence-corrected chi connectivity index (χ1v) is 9.27. The third-order valence-electron chi connectivity index (χ3n) is 4.21. The summed E-state index contributed by atoms with van der Waals surface area (Å²) in [6.07, 6.45) is 3.39. The van der Waals surface area contributed by atoms with E-state index in [1.165, 1.54) is 17.7 Å². The molecule has 1 amide bonds. The number of hydrogen-bond acceptors (Lipinski definition) is 3. The van der Waals surface area contributed by atoms with Crippen LogP contribution in [0.3, 0.4) is 0 Å². The van der Waals surface area contributed by atoms with Crippen molar-refractivity contribution in [3.8, 4) is 5.75 Å². The normalized spacial score (nSPS) is 13.3. The van der Waals surface area contributed by atoms with Gasteiger partial charge in [-0.05, 0) is 42.3 Å². The van der Waals surface area contributed by atoms with Crippen LogP contribution < -0.4 is 9.64 Å². The Kier molecular flexibility index (Phi) is 5.53. The van der Waals surface area contributed by atoms with Gasteiger partial charge >= 0.3 is 0 Å². The van der Waals surface area contributed by atoms with E-state index in [0.717, 1.165) is 22.2 Å². The van der Waals surface area contributed by atoms with Gasteiger partial charge in [0.1, 0.15) is 5.75 Å². The monoisotopic (exact) mass is 401 g/mol. The Morgan fingerprint density at radius 3 is 2.52 bits per heavy atom. The second-order valence-corrected chi connectivity index (χ2v) is 7.00. The maximum absolute atomic E-state index is 12.3. The van der Waals surface area contributed by atoms with Crippen molar-refractivity contribution in [3.05, 3.63) is 58.1 Å². The molecule has 3 rings (SSSR count). The molecule has 5 heteroatoms. The van der Waals surface area contributed by atoms with Crippen LogP contribution >= 0.6 is 15.9 Å². The van der Waals surface area contributed by atoms with Crippen LogP contribution in [0.2, 0.25) is 0 Å². The van der Waals surface area contributed by atoms with Crippen LogP contribution in [0.25, 0.3) is 0 Å². The minimum atomic E-state index is -0.479. The summed E-state index contributed by atoms with van der Waals surface area (Å²) in [5.74, 6) is -0.104. The van der Waals surface area contributed by atoms with E-state index in [4.69, 9.17) is 4.74 Å². The van der Waals surface area contributed by atoms with Crippen molar-refractivity contribution in [2.45, 2.75) is 32.7 Å². The Morgan fingerprint density at radius 2 is 1.80 bits per heavy atom. The highest BCUT2D eigenvalue weighted by Gasteiger charge is 2.35. The third-order valence-corrected chi connectivity index (χ3v) is 4.71. The SMILES string of the molecule is CCCCCOc1ccc(CN2C(=O)C(=O)c3cc(Br)ccc32)cc1. The lowest BCUT2D eigenvalue weighted by Gasteiger charge is -2.17. The van der Waals surface area contributed by atoms with Gasteiger partial charge in [-0.1, -0.05) is 47.8 Å². The number of Topliss-reactive ketones (excluding diaryl/α,β-unsaturated/α-hetero) is 1. The molecule has 0 saturated heterocycles. The van der Waals surface area contributed by atoms with E-state index in [2.05, 4.69) is 22.9 Å². The predicted molar refractivity (Wildman–Crippen MR) is 101 cm³/mol. The molecule has 2 aromatic rings. The fraction of sp³-hybridized carbons (Fsp3) is 0.300. The minimum Gasteiger partial charge on any atom is -0.494 e. The molecule has 1 aliphatic heterocycles. The number of nitrogens with zero attached hydrogens (tertiary/aromatic N) is 1. The molecule has 2 aromatic carbocycles. The van der Waals surface area contributed by atoms with Gasteiger partial charge in [0.15, 0.2) is 0 Å². The zero-order valence-electron chi connectivity index (χ0n) is 14.1. The standard InChI is InChI=1S/C20H20BrNO3/c1-2-3-4-11-25-16-8-5-14(6-9-16)13-22-18-10-7-15(21)12-17(18)19(23)20(22)24/h5-10,12H,2-4,11,13H2,1H3. The fourth-order valence-electron chi connectivity index (χ4n) is 2.85. The first kappa shape index (κ1) is 17.7. The lowest BCUT2D eigenvalue weighted by atomic mass is 10.1. The van der Waals surface area contributed by atoms with E-state index in [1.807, 2.05) is 30.3 Å². The van der Waals surface area contributed by atoms with Gasteiger partial charge in [0, 0.05) is 4.47 Å². The van der Waals surface area contributed by atoms with E-state index in [0.29, 0.717) is 24.4 Å². The highest BCUT2D eigenvalue weighted by molar-refractivity contribution is 9.10. The number of fused-ring (bicyclic) bond motifs is 1. The second kappa shape index (κ2) is 7.83. The first-order chi connectivity index (χ1) is 12.1. The van der Waals surface area contributed by atoms with Gasteiger partial charge in [0.25, 0.3) is 11.7 Å². The van der Waals surface area contributed by atoms with Gasteiger partial charge in [-0.3, -0.25) is 9.59 Å². The average molecular weight is 402 g/mol. The van der Waals surface area contributed by atoms with Gasteiger partial charge in [-0.2, -0.15) is 0 Å².